The van der Waals surface area contributed by atoms with Gasteiger partial charge in [-0.2, -0.15) is 0 Å². The normalized spacial score (nSPS) is 10.2. The second kappa shape index (κ2) is 6.73. The molecule has 2 aromatic rings. The van der Waals surface area contributed by atoms with Gasteiger partial charge >= 0.3 is 5.97 Å². The van der Waals surface area contributed by atoms with E-state index in [2.05, 4.69) is 15.9 Å². The molecule has 4 heteroatoms. The molecule has 0 N–H and O–H groups in total. The molecule has 0 aliphatic rings. The summed E-state index contributed by atoms with van der Waals surface area (Å²) < 4.78 is 6.08. The zero-order chi connectivity index (χ0) is 13.7. The standard InChI is InChI=1S/C15H12BrClO2/c16-12-7-8-14(13(17)10-12)19-15(18)9-6-11-4-2-1-3-5-11/h1-5,7-8,10H,6,9H2. The Morgan fingerprint density at radius 3 is 2.58 bits per heavy atom. The third-order valence-corrected chi connectivity index (χ3v) is 3.37. The first kappa shape index (κ1) is 14.1. The van der Waals surface area contributed by atoms with Crippen LogP contribution in [0.2, 0.25) is 5.02 Å². The molecule has 0 radical (unpaired) electrons. The second-order valence-electron chi connectivity index (χ2n) is 4.03. The summed E-state index contributed by atoms with van der Waals surface area (Å²) in [5.41, 5.74) is 1.11. The van der Waals surface area contributed by atoms with Crippen molar-refractivity contribution >= 4 is 33.5 Å². The summed E-state index contributed by atoms with van der Waals surface area (Å²) in [6.45, 7) is 0. The summed E-state index contributed by atoms with van der Waals surface area (Å²) in [7, 11) is 0. The van der Waals surface area contributed by atoms with E-state index >= 15 is 0 Å². The predicted molar refractivity (Wildman–Crippen MR) is 79.6 cm³/mol. The Kier molecular flexibility index (Phi) is 5.00. The molecule has 0 aromatic heterocycles. The van der Waals surface area contributed by atoms with Gasteiger partial charge in [0.15, 0.2) is 0 Å². The van der Waals surface area contributed by atoms with Crippen molar-refractivity contribution in [2.24, 2.45) is 0 Å². The SMILES string of the molecule is O=C(CCc1ccccc1)Oc1ccc(Br)cc1Cl. The molecule has 0 atom stereocenters. The molecule has 0 bridgehead atoms. The van der Waals surface area contributed by atoms with Gasteiger partial charge in [-0.3, -0.25) is 4.79 Å². The number of ether oxygens (including phenoxy) is 1. The molecule has 2 rings (SSSR count). The zero-order valence-corrected chi connectivity index (χ0v) is 12.4. The molecule has 0 unspecified atom stereocenters. The van der Waals surface area contributed by atoms with Crippen LogP contribution < -0.4 is 4.74 Å². The number of aryl methyl sites for hydroxylation is 1. The molecule has 0 aliphatic heterocycles. The van der Waals surface area contributed by atoms with Crippen LogP contribution in [-0.2, 0) is 11.2 Å². The Morgan fingerprint density at radius 2 is 1.89 bits per heavy atom. The van der Waals surface area contributed by atoms with Crippen LogP contribution in [0.1, 0.15) is 12.0 Å². The number of carbonyl (C=O) groups excluding carboxylic acids is 1. The van der Waals surface area contributed by atoms with Gasteiger partial charge in [0.2, 0.25) is 0 Å². The minimum atomic E-state index is -0.284. The van der Waals surface area contributed by atoms with Gasteiger partial charge in [-0.15, -0.1) is 0 Å². The first-order chi connectivity index (χ1) is 9.15. The zero-order valence-electron chi connectivity index (χ0n) is 10.1. The fourth-order valence-electron chi connectivity index (χ4n) is 1.62. The number of hydrogen-bond acceptors (Lipinski definition) is 2. The molecular weight excluding hydrogens is 328 g/mol. The molecule has 0 spiro atoms. The Bertz CT molecular complexity index is 570. The summed E-state index contributed by atoms with van der Waals surface area (Å²) in [6.07, 6.45) is 0.990. The topological polar surface area (TPSA) is 26.3 Å². The molecule has 0 heterocycles. The molecule has 98 valence electrons. The Labute approximate surface area is 125 Å². The summed E-state index contributed by atoms with van der Waals surface area (Å²) in [5.74, 6) is 0.107. The molecule has 2 nitrogen and oxygen atoms in total. The van der Waals surface area contributed by atoms with Crippen molar-refractivity contribution in [3.63, 3.8) is 0 Å². The number of rotatable bonds is 4. The number of benzene rings is 2. The van der Waals surface area contributed by atoms with E-state index < -0.39 is 0 Å². The lowest BCUT2D eigenvalue weighted by atomic mass is 10.1. The van der Waals surface area contributed by atoms with Crippen LogP contribution in [0.25, 0.3) is 0 Å². The maximum Gasteiger partial charge on any atom is 0.311 e. The van der Waals surface area contributed by atoms with Gasteiger partial charge in [0, 0.05) is 10.9 Å². The number of esters is 1. The molecule has 0 amide bonds. The van der Waals surface area contributed by atoms with Crippen molar-refractivity contribution in [3.05, 3.63) is 63.6 Å². The lowest BCUT2D eigenvalue weighted by Gasteiger charge is -2.06. The van der Waals surface area contributed by atoms with Gasteiger partial charge in [0.1, 0.15) is 5.75 Å². The van der Waals surface area contributed by atoms with E-state index in [0.29, 0.717) is 23.6 Å². The van der Waals surface area contributed by atoms with Gasteiger partial charge in [-0.25, -0.2) is 0 Å². The molecular formula is C15H12BrClO2. The Morgan fingerprint density at radius 1 is 1.16 bits per heavy atom. The van der Waals surface area contributed by atoms with Gasteiger partial charge < -0.3 is 4.74 Å². The van der Waals surface area contributed by atoms with E-state index in [0.717, 1.165) is 10.0 Å². The molecule has 2 aromatic carbocycles. The van der Waals surface area contributed by atoms with Crippen molar-refractivity contribution in [2.75, 3.05) is 0 Å². The molecule has 0 saturated carbocycles. The first-order valence-corrected chi connectivity index (χ1v) is 7.02. The van der Waals surface area contributed by atoms with Crippen molar-refractivity contribution in [3.8, 4) is 5.75 Å². The largest absolute Gasteiger partial charge is 0.425 e. The average Bonchev–Trinajstić information content (AvgIpc) is 2.41. The van der Waals surface area contributed by atoms with Crippen molar-refractivity contribution in [1.29, 1.82) is 0 Å². The first-order valence-electron chi connectivity index (χ1n) is 5.85. The van der Waals surface area contributed by atoms with Crippen LogP contribution in [0.15, 0.2) is 53.0 Å². The van der Waals surface area contributed by atoms with Crippen LogP contribution in [-0.4, -0.2) is 5.97 Å². The predicted octanol–water partition coefficient (Wildman–Crippen LogP) is 4.64. The van der Waals surface area contributed by atoms with E-state index in [1.54, 1.807) is 18.2 Å². The molecule has 19 heavy (non-hydrogen) atoms. The minimum absolute atomic E-state index is 0.284. The van der Waals surface area contributed by atoms with E-state index in [-0.39, 0.29) is 5.97 Å². The number of hydrogen-bond donors (Lipinski definition) is 0. The summed E-state index contributed by atoms with van der Waals surface area (Å²) >= 11 is 9.28. The van der Waals surface area contributed by atoms with Crippen molar-refractivity contribution < 1.29 is 9.53 Å². The van der Waals surface area contributed by atoms with Crippen LogP contribution in [0.3, 0.4) is 0 Å². The summed E-state index contributed by atoms with van der Waals surface area (Å²) in [6, 6.07) is 15.0. The highest BCUT2D eigenvalue weighted by molar-refractivity contribution is 9.10. The Hall–Kier alpha value is -1.32. The second-order valence-corrected chi connectivity index (χ2v) is 5.36. The molecule has 0 saturated heterocycles. The monoisotopic (exact) mass is 338 g/mol. The van der Waals surface area contributed by atoms with Crippen LogP contribution in [0, 0.1) is 0 Å². The highest BCUT2D eigenvalue weighted by Crippen LogP contribution is 2.28. The van der Waals surface area contributed by atoms with E-state index in [9.17, 15) is 4.79 Å². The van der Waals surface area contributed by atoms with Gasteiger partial charge in [-0.05, 0) is 30.2 Å². The lowest BCUT2D eigenvalue weighted by Crippen LogP contribution is -2.09. The van der Waals surface area contributed by atoms with Crippen molar-refractivity contribution in [2.45, 2.75) is 12.8 Å². The minimum Gasteiger partial charge on any atom is -0.425 e. The van der Waals surface area contributed by atoms with Gasteiger partial charge in [0.25, 0.3) is 0 Å². The fourth-order valence-corrected chi connectivity index (χ4v) is 2.33. The molecule has 0 fully saturated rings. The smallest absolute Gasteiger partial charge is 0.311 e. The van der Waals surface area contributed by atoms with Crippen LogP contribution in [0.4, 0.5) is 0 Å². The highest BCUT2D eigenvalue weighted by atomic mass is 79.9. The van der Waals surface area contributed by atoms with E-state index in [1.807, 2.05) is 30.3 Å². The summed E-state index contributed by atoms with van der Waals surface area (Å²) in [5, 5.41) is 0.419. The average molecular weight is 340 g/mol. The number of carbonyl (C=O) groups is 1. The van der Waals surface area contributed by atoms with Crippen molar-refractivity contribution in [1.82, 2.24) is 0 Å². The maximum atomic E-state index is 11.7. The van der Waals surface area contributed by atoms with Crippen LogP contribution in [0.5, 0.6) is 5.75 Å². The van der Waals surface area contributed by atoms with Gasteiger partial charge in [-0.1, -0.05) is 57.9 Å². The fraction of sp³-hybridized carbons (Fsp3) is 0.133. The lowest BCUT2D eigenvalue weighted by molar-refractivity contribution is -0.134. The third kappa shape index (κ3) is 4.37. The third-order valence-electron chi connectivity index (χ3n) is 2.58. The molecule has 0 aliphatic carbocycles. The maximum absolute atomic E-state index is 11.7. The van der Waals surface area contributed by atoms with E-state index in [1.165, 1.54) is 0 Å². The Balaban J connectivity index is 1.91. The number of halogens is 2. The van der Waals surface area contributed by atoms with E-state index in [4.69, 9.17) is 16.3 Å². The highest BCUT2D eigenvalue weighted by Gasteiger charge is 2.08. The quantitative estimate of drug-likeness (QED) is 0.599. The van der Waals surface area contributed by atoms with Gasteiger partial charge in [0.05, 0.1) is 5.02 Å². The van der Waals surface area contributed by atoms with Crippen LogP contribution >= 0.6 is 27.5 Å². The summed E-state index contributed by atoms with van der Waals surface area (Å²) in [4.78, 5) is 11.7.